The number of carbonyl (C=O) groups is 2. The summed E-state index contributed by atoms with van der Waals surface area (Å²) in [6, 6.07) is 2.20. The van der Waals surface area contributed by atoms with Crippen molar-refractivity contribution >= 4 is 11.9 Å². The molecule has 1 atom stereocenters. The van der Waals surface area contributed by atoms with Gasteiger partial charge in [0.2, 0.25) is 5.91 Å². The molecule has 0 saturated carbocycles. The minimum absolute atomic E-state index is 0.168. The number of hydrogen-bond acceptors (Lipinski definition) is 2. The lowest BCUT2D eigenvalue weighted by molar-refractivity contribution is -0.123. The molecule has 0 aliphatic rings. The van der Waals surface area contributed by atoms with E-state index >= 15 is 0 Å². The van der Waals surface area contributed by atoms with Crippen LogP contribution in [0.25, 0.3) is 0 Å². The van der Waals surface area contributed by atoms with Crippen molar-refractivity contribution in [3.05, 3.63) is 35.4 Å². The second-order valence-corrected chi connectivity index (χ2v) is 4.75. The average molecular weight is 285 g/mol. The molecule has 1 unspecified atom stereocenters. The van der Waals surface area contributed by atoms with Crippen LogP contribution in [0.3, 0.4) is 0 Å². The van der Waals surface area contributed by atoms with Gasteiger partial charge >= 0.3 is 6.03 Å². The summed E-state index contributed by atoms with van der Waals surface area (Å²) in [6.07, 6.45) is 0.617. The minimum Gasteiger partial charge on any atom is -0.369 e. The number of nitrogens with two attached hydrogens (primary N) is 2. The highest BCUT2D eigenvalue weighted by atomic mass is 19.1. The predicted molar refractivity (Wildman–Crippen MR) is 69.7 cm³/mol. The number of halogens is 2. The van der Waals surface area contributed by atoms with Crippen LogP contribution in [0.5, 0.6) is 0 Å². The fourth-order valence-corrected chi connectivity index (χ4v) is 1.94. The molecule has 110 valence electrons. The molecule has 7 heteroatoms. The molecule has 3 amide bonds. The molecule has 0 aliphatic carbocycles. The molecule has 0 aliphatic heterocycles. The fraction of sp³-hybridized carbons (Fsp3) is 0.385. The minimum atomic E-state index is -1.22. The Kier molecular flexibility index (Phi) is 5.01. The van der Waals surface area contributed by atoms with Crippen molar-refractivity contribution in [2.24, 2.45) is 11.5 Å². The second-order valence-electron chi connectivity index (χ2n) is 4.75. The summed E-state index contributed by atoms with van der Waals surface area (Å²) in [5.74, 6) is -2.24. The van der Waals surface area contributed by atoms with Crippen molar-refractivity contribution in [1.29, 1.82) is 0 Å². The molecular formula is C13H17F2N3O2. The smallest absolute Gasteiger partial charge is 0.312 e. The van der Waals surface area contributed by atoms with Crippen LogP contribution in [0.4, 0.5) is 13.6 Å². The maximum atomic E-state index is 13.3. The van der Waals surface area contributed by atoms with Gasteiger partial charge in [-0.2, -0.15) is 0 Å². The van der Waals surface area contributed by atoms with Crippen molar-refractivity contribution in [2.45, 2.75) is 25.2 Å². The lowest BCUT2D eigenvalue weighted by atomic mass is 9.77. The number of hydrogen-bond donors (Lipinski definition) is 3. The summed E-state index contributed by atoms with van der Waals surface area (Å²) < 4.78 is 26.5. The molecule has 0 fully saturated rings. The Balaban J connectivity index is 2.90. The first-order valence-electron chi connectivity index (χ1n) is 6.05. The Morgan fingerprint density at radius 1 is 1.20 bits per heavy atom. The van der Waals surface area contributed by atoms with Gasteiger partial charge < -0.3 is 16.8 Å². The number of amides is 3. The molecule has 0 aromatic heterocycles. The molecule has 0 bridgehead atoms. The molecule has 20 heavy (non-hydrogen) atoms. The van der Waals surface area contributed by atoms with E-state index in [-0.39, 0.29) is 18.5 Å². The number of benzene rings is 1. The quantitative estimate of drug-likeness (QED) is 0.683. The van der Waals surface area contributed by atoms with E-state index in [4.69, 9.17) is 11.5 Å². The average Bonchev–Trinajstić information content (AvgIpc) is 2.32. The molecule has 1 rings (SSSR count). The number of nitrogens with one attached hydrogen (secondary N) is 1. The third-order valence-electron chi connectivity index (χ3n) is 3.20. The van der Waals surface area contributed by atoms with Gasteiger partial charge in [0, 0.05) is 12.6 Å². The Morgan fingerprint density at radius 2 is 1.75 bits per heavy atom. The Labute approximate surface area is 115 Å². The van der Waals surface area contributed by atoms with E-state index in [2.05, 4.69) is 5.32 Å². The highest BCUT2D eigenvalue weighted by molar-refractivity contribution is 5.86. The van der Waals surface area contributed by atoms with Crippen LogP contribution in [0.15, 0.2) is 18.2 Å². The zero-order valence-electron chi connectivity index (χ0n) is 11.1. The van der Waals surface area contributed by atoms with Crippen molar-refractivity contribution in [1.82, 2.24) is 5.32 Å². The highest BCUT2D eigenvalue weighted by Gasteiger charge is 2.33. The van der Waals surface area contributed by atoms with Crippen molar-refractivity contribution in [3.8, 4) is 0 Å². The lowest BCUT2D eigenvalue weighted by Crippen LogP contribution is -2.39. The van der Waals surface area contributed by atoms with Gasteiger partial charge in [0.05, 0.1) is 5.41 Å². The second kappa shape index (κ2) is 6.31. The summed E-state index contributed by atoms with van der Waals surface area (Å²) in [5.41, 5.74) is 9.21. The maximum Gasteiger partial charge on any atom is 0.312 e. The van der Waals surface area contributed by atoms with Crippen molar-refractivity contribution < 1.29 is 18.4 Å². The first-order valence-corrected chi connectivity index (χ1v) is 6.05. The number of primary amides is 2. The van der Waals surface area contributed by atoms with Gasteiger partial charge in [-0.3, -0.25) is 4.79 Å². The van der Waals surface area contributed by atoms with E-state index in [0.29, 0.717) is 6.42 Å². The van der Waals surface area contributed by atoms with Gasteiger partial charge in [-0.1, -0.05) is 0 Å². The van der Waals surface area contributed by atoms with Crippen LogP contribution < -0.4 is 16.8 Å². The molecule has 0 spiro atoms. The van der Waals surface area contributed by atoms with E-state index in [1.807, 2.05) is 0 Å². The Morgan fingerprint density at radius 3 is 2.20 bits per heavy atom. The molecule has 0 saturated heterocycles. The monoisotopic (exact) mass is 285 g/mol. The topological polar surface area (TPSA) is 98.2 Å². The largest absolute Gasteiger partial charge is 0.369 e. The van der Waals surface area contributed by atoms with Gasteiger partial charge in [0.15, 0.2) is 0 Å². The van der Waals surface area contributed by atoms with E-state index in [1.165, 1.54) is 6.92 Å². The van der Waals surface area contributed by atoms with Crippen LogP contribution in [0, 0.1) is 11.6 Å². The van der Waals surface area contributed by atoms with Crippen LogP contribution in [-0.2, 0) is 10.2 Å². The molecule has 1 aromatic carbocycles. The van der Waals surface area contributed by atoms with E-state index in [1.54, 1.807) is 0 Å². The molecule has 0 radical (unpaired) electrons. The first kappa shape index (κ1) is 15.9. The normalized spacial score (nSPS) is 13.6. The summed E-state index contributed by atoms with van der Waals surface area (Å²) in [6.45, 7) is 1.75. The van der Waals surface area contributed by atoms with E-state index in [9.17, 15) is 18.4 Å². The maximum absolute atomic E-state index is 13.3. The fourth-order valence-electron chi connectivity index (χ4n) is 1.94. The van der Waals surface area contributed by atoms with Crippen LogP contribution in [0.2, 0.25) is 0 Å². The molecule has 1 aromatic rings. The zero-order valence-corrected chi connectivity index (χ0v) is 11.1. The first-order chi connectivity index (χ1) is 9.25. The van der Waals surface area contributed by atoms with E-state index in [0.717, 1.165) is 18.2 Å². The summed E-state index contributed by atoms with van der Waals surface area (Å²) in [7, 11) is 0. The van der Waals surface area contributed by atoms with Crippen molar-refractivity contribution in [3.63, 3.8) is 0 Å². The summed E-state index contributed by atoms with van der Waals surface area (Å²) in [4.78, 5) is 22.2. The highest BCUT2D eigenvalue weighted by Crippen LogP contribution is 2.29. The molecule has 0 heterocycles. The third kappa shape index (κ3) is 3.91. The van der Waals surface area contributed by atoms with Gasteiger partial charge in [-0.25, -0.2) is 13.6 Å². The Bertz CT molecular complexity index is 502. The van der Waals surface area contributed by atoms with Crippen LogP contribution in [0.1, 0.15) is 25.3 Å². The number of carbonyl (C=O) groups excluding carboxylic acids is 2. The van der Waals surface area contributed by atoms with Gasteiger partial charge in [0.1, 0.15) is 11.6 Å². The lowest BCUT2D eigenvalue weighted by Gasteiger charge is -2.26. The number of urea groups is 1. The summed E-state index contributed by atoms with van der Waals surface area (Å²) in [5, 5.41) is 2.37. The van der Waals surface area contributed by atoms with Crippen LogP contribution in [-0.4, -0.2) is 18.5 Å². The molecule has 5 nitrogen and oxygen atoms in total. The SMILES string of the molecule is CC(CCCNC(N)=O)(C(N)=O)c1cc(F)cc(F)c1. The zero-order chi connectivity index (χ0) is 15.3. The standard InChI is InChI=1S/C13H17F2N3O2/c1-13(11(16)19,3-2-4-18-12(17)20)8-5-9(14)7-10(15)6-8/h5-7H,2-4H2,1H3,(H2,16,19)(H3,17,18,20). The van der Waals surface area contributed by atoms with Gasteiger partial charge in [-0.15, -0.1) is 0 Å². The van der Waals surface area contributed by atoms with Gasteiger partial charge in [-0.05, 0) is 37.5 Å². The molecule has 5 N–H and O–H groups in total. The number of rotatable bonds is 6. The van der Waals surface area contributed by atoms with Crippen molar-refractivity contribution in [2.75, 3.05) is 6.54 Å². The van der Waals surface area contributed by atoms with Crippen LogP contribution >= 0.6 is 0 Å². The Hall–Kier alpha value is -2.18. The third-order valence-corrected chi connectivity index (χ3v) is 3.20. The van der Waals surface area contributed by atoms with Gasteiger partial charge in [0.25, 0.3) is 0 Å². The summed E-state index contributed by atoms with van der Waals surface area (Å²) >= 11 is 0. The van der Waals surface area contributed by atoms with E-state index < -0.39 is 29.0 Å². The predicted octanol–water partition coefficient (Wildman–Crippen LogP) is 1.16. The molecular weight excluding hydrogens is 268 g/mol.